The zero-order valence-electron chi connectivity index (χ0n) is 23.6. The normalized spacial score (nSPS) is 14.0. The summed E-state index contributed by atoms with van der Waals surface area (Å²) in [6, 6.07) is 11.7. The summed E-state index contributed by atoms with van der Waals surface area (Å²) in [7, 11) is -3.40. The summed E-state index contributed by atoms with van der Waals surface area (Å²) in [5.74, 6) is 0.334. The van der Waals surface area contributed by atoms with Crippen molar-refractivity contribution in [1.82, 2.24) is 5.32 Å². The Morgan fingerprint density at radius 1 is 0.889 bits per heavy atom. The molecule has 0 heterocycles. The molecule has 0 radical (unpaired) electrons. The number of aromatic hydroxyl groups is 1. The summed E-state index contributed by atoms with van der Waals surface area (Å²) >= 11 is 6.13. The first-order chi connectivity index (χ1) is 16.4. The Morgan fingerprint density at radius 3 is 1.72 bits per heavy atom. The van der Waals surface area contributed by atoms with E-state index in [1.165, 1.54) is 0 Å². The highest BCUT2D eigenvalue weighted by Gasteiger charge is 2.31. The third-order valence-electron chi connectivity index (χ3n) is 5.78. The highest BCUT2D eigenvalue weighted by atomic mass is 35.5. The van der Waals surface area contributed by atoms with Crippen molar-refractivity contribution in [2.45, 2.75) is 105 Å². The number of hydrogen-bond donors (Lipinski definition) is 2. The lowest BCUT2D eigenvalue weighted by Crippen LogP contribution is -2.28. The van der Waals surface area contributed by atoms with Gasteiger partial charge in [-0.1, -0.05) is 65.3 Å². The van der Waals surface area contributed by atoms with Gasteiger partial charge in [-0.25, -0.2) is 0 Å². The van der Waals surface area contributed by atoms with Crippen LogP contribution in [0.1, 0.15) is 97.5 Å². The van der Waals surface area contributed by atoms with E-state index in [9.17, 15) is 9.67 Å². The van der Waals surface area contributed by atoms with Gasteiger partial charge in [-0.15, -0.1) is 0 Å². The van der Waals surface area contributed by atoms with E-state index in [2.05, 4.69) is 59.0 Å². The highest BCUT2D eigenvalue weighted by Crippen LogP contribution is 2.50. The molecule has 2 N–H and O–H groups in total. The van der Waals surface area contributed by atoms with Crippen molar-refractivity contribution in [2.24, 2.45) is 0 Å². The predicted molar refractivity (Wildman–Crippen MR) is 151 cm³/mol. The second-order valence-electron chi connectivity index (χ2n) is 12.1. The minimum Gasteiger partial charge on any atom is -0.507 e. The van der Waals surface area contributed by atoms with Crippen molar-refractivity contribution >= 4 is 19.2 Å². The molecular weight excluding hydrogens is 493 g/mol. The highest BCUT2D eigenvalue weighted by molar-refractivity contribution is 7.53. The Balaban J connectivity index is 2.59. The first-order valence-electron chi connectivity index (χ1n) is 12.7. The molecule has 0 amide bonds. The maximum atomic E-state index is 13.6. The topological polar surface area (TPSA) is 67.8 Å². The van der Waals surface area contributed by atoms with E-state index in [1.54, 1.807) is 0 Å². The zero-order valence-corrected chi connectivity index (χ0v) is 25.3. The van der Waals surface area contributed by atoms with Crippen molar-refractivity contribution in [1.29, 1.82) is 0 Å². The molecule has 7 heteroatoms. The number of hydrogen-bond acceptors (Lipinski definition) is 5. The number of rotatable bonds is 10. The largest absolute Gasteiger partial charge is 0.507 e. The van der Waals surface area contributed by atoms with Gasteiger partial charge in [0.2, 0.25) is 0 Å². The van der Waals surface area contributed by atoms with E-state index in [1.807, 2.05) is 52.0 Å². The van der Waals surface area contributed by atoms with Crippen molar-refractivity contribution in [3.63, 3.8) is 0 Å². The number of halogens is 1. The molecule has 0 aromatic heterocycles. The Kier molecular flexibility index (Phi) is 10.3. The quantitative estimate of drug-likeness (QED) is 0.297. The molecule has 0 aliphatic rings. The average Bonchev–Trinajstić information content (AvgIpc) is 2.70. The van der Waals surface area contributed by atoms with Crippen molar-refractivity contribution < 1.29 is 18.7 Å². The second-order valence-corrected chi connectivity index (χ2v) is 14.5. The van der Waals surface area contributed by atoms with Crippen LogP contribution in [0.15, 0.2) is 36.4 Å². The van der Waals surface area contributed by atoms with Crippen LogP contribution in [0.2, 0.25) is 5.02 Å². The number of benzene rings is 2. The van der Waals surface area contributed by atoms with Crippen LogP contribution in [-0.4, -0.2) is 23.6 Å². The first kappa shape index (κ1) is 30.9. The standard InChI is InChI=1S/C29H45ClNO4P/c1-19(2)34-36(33,35-20(3)4)18-31-26(15-21-11-13-23(30)14-12-21)22-16-24(28(5,6)7)27(32)25(17-22)29(8,9)10/h11-14,16-17,19-20,26,31-32H,15,18H2,1-10H3. The van der Waals surface area contributed by atoms with Gasteiger partial charge < -0.3 is 14.2 Å². The molecule has 2 aromatic carbocycles. The van der Waals surface area contributed by atoms with Crippen molar-refractivity contribution in [3.8, 4) is 5.75 Å². The Bertz CT molecular complexity index is 1000. The van der Waals surface area contributed by atoms with Crippen LogP contribution in [0.25, 0.3) is 0 Å². The first-order valence-corrected chi connectivity index (χ1v) is 14.8. The van der Waals surface area contributed by atoms with Gasteiger partial charge in [-0.3, -0.25) is 9.88 Å². The number of phenolic OH excluding ortho intramolecular Hbond substituents is 1. The maximum absolute atomic E-state index is 13.6. The van der Waals surface area contributed by atoms with Gasteiger partial charge in [-0.2, -0.15) is 0 Å². The Morgan fingerprint density at radius 2 is 1.33 bits per heavy atom. The number of phenols is 1. The van der Waals surface area contributed by atoms with E-state index in [0.29, 0.717) is 17.2 Å². The SMILES string of the molecule is CC(C)OP(=O)(CNC(Cc1ccc(Cl)cc1)c1cc(C(C)(C)C)c(O)c(C(C)(C)C)c1)OC(C)C. The van der Waals surface area contributed by atoms with Crippen molar-refractivity contribution in [2.75, 3.05) is 6.29 Å². The molecule has 0 spiro atoms. The minimum atomic E-state index is -3.40. The van der Waals surface area contributed by atoms with E-state index in [-0.39, 0.29) is 35.4 Å². The Hall–Kier alpha value is -1.36. The number of nitrogens with one attached hydrogen (secondary N) is 1. The summed E-state index contributed by atoms with van der Waals surface area (Å²) < 4.78 is 25.2. The van der Waals surface area contributed by atoms with Gasteiger partial charge >= 0.3 is 7.60 Å². The van der Waals surface area contributed by atoms with Crippen LogP contribution in [-0.2, 0) is 30.9 Å². The van der Waals surface area contributed by atoms with E-state index >= 15 is 0 Å². The van der Waals surface area contributed by atoms with Crippen LogP contribution in [0.3, 0.4) is 0 Å². The summed E-state index contributed by atoms with van der Waals surface area (Å²) in [5.41, 5.74) is 3.34. The van der Waals surface area contributed by atoms with E-state index in [0.717, 1.165) is 22.3 Å². The summed E-state index contributed by atoms with van der Waals surface area (Å²) in [6.07, 6.45) is 0.232. The third kappa shape index (κ3) is 8.89. The lowest BCUT2D eigenvalue weighted by atomic mass is 9.77. The molecule has 1 unspecified atom stereocenters. The summed E-state index contributed by atoms with van der Waals surface area (Å²) in [6.45, 7) is 20.0. The molecule has 5 nitrogen and oxygen atoms in total. The smallest absolute Gasteiger partial charge is 0.344 e. The maximum Gasteiger partial charge on any atom is 0.344 e. The van der Waals surface area contributed by atoms with Crippen LogP contribution in [0.5, 0.6) is 5.75 Å². The lowest BCUT2D eigenvalue weighted by molar-refractivity contribution is 0.140. The van der Waals surface area contributed by atoms with Crippen LogP contribution in [0, 0.1) is 0 Å². The Labute approximate surface area is 223 Å². The molecular formula is C29H45ClNO4P. The lowest BCUT2D eigenvalue weighted by Gasteiger charge is -2.31. The van der Waals surface area contributed by atoms with Gasteiger partial charge in [0, 0.05) is 11.1 Å². The van der Waals surface area contributed by atoms with Crippen LogP contribution >= 0.6 is 19.2 Å². The molecule has 0 aliphatic carbocycles. The summed E-state index contributed by atoms with van der Waals surface area (Å²) in [5, 5.41) is 15.4. The molecule has 0 fully saturated rings. The molecule has 0 bridgehead atoms. The third-order valence-corrected chi connectivity index (χ3v) is 8.09. The molecule has 1 atom stereocenters. The molecule has 0 aliphatic heterocycles. The average molecular weight is 538 g/mol. The van der Waals surface area contributed by atoms with Gasteiger partial charge in [0.1, 0.15) is 5.75 Å². The van der Waals surface area contributed by atoms with Crippen LogP contribution in [0.4, 0.5) is 0 Å². The fourth-order valence-electron chi connectivity index (χ4n) is 4.13. The monoisotopic (exact) mass is 537 g/mol. The van der Waals surface area contributed by atoms with E-state index < -0.39 is 7.60 Å². The minimum absolute atomic E-state index is 0.0677. The predicted octanol–water partition coefficient (Wildman–Crippen LogP) is 8.51. The van der Waals surface area contributed by atoms with Gasteiger partial charge in [0.15, 0.2) is 0 Å². The zero-order chi connectivity index (χ0) is 27.5. The van der Waals surface area contributed by atoms with Gasteiger partial charge in [-0.05, 0) is 91.5 Å². The fraction of sp³-hybridized carbons (Fsp3) is 0.586. The molecule has 0 saturated carbocycles. The fourth-order valence-corrected chi connectivity index (χ4v) is 6.18. The van der Waals surface area contributed by atoms with Crippen molar-refractivity contribution in [3.05, 3.63) is 63.7 Å². The molecule has 2 rings (SSSR count). The molecule has 2 aromatic rings. The summed E-state index contributed by atoms with van der Waals surface area (Å²) in [4.78, 5) is 0. The van der Waals surface area contributed by atoms with Gasteiger partial charge in [0.05, 0.1) is 18.5 Å². The second kappa shape index (κ2) is 12.0. The van der Waals surface area contributed by atoms with Gasteiger partial charge in [0.25, 0.3) is 0 Å². The van der Waals surface area contributed by atoms with E-state index in [4.69, 9.17) is 20.6 Å². The molecule has 202 valence electrons. The molecule has 36 heavy (non-hydrogen) atoms. The van der Waals surface area contributed by atoms with Crippen LogP contribution < -0.4 is 5.32 Å². The molecule has 0 saturated heterocycles.